The van der Waals surface area contributed by atoms with Crippen molar-refractivity contribution in [3.05, 3.63) is 58.3 Å². The summed E-state index contributed by atoms with van der Waals surface area (Å²) in [6, 6.07) is 12.6. The number of rotatable bonds is 3. The van der Waals surface area contributed by atoms with Gasteiger partial charge in [-0.2, -0.15) is 0 Å². The fourth-order valence-corrected chi connectivity index (χ4v) is 3.25. The first-order valence-corrected chi connectivity index (χ1v) is 7.52. The van der Waals surface area contributed by atoms with E-state index in [-0.39, 0.29) is 5.82 Å². The van der Waals surface area contributed by atoms with E-state index in [0.29, 0.717) is 5.75 Å². The van der Waals surface area contributed by atoms with E-state index in [0.717, 1.165) is 26.2 Å². The maximum atomic E-state index is 13.2. The molecule has 1 N–H and O–H groups in total. The van der Waals surface area contributed by atoms with Crippen LogP contribution in [0.1, 0.15) is 5.56 Å². The van der Waals surface area contributed by atoms with Gasteiger partial charge in [-0.05, 0) is 35.9 Å². The molecular formula is C14H10BrFN2S. The lowest BCUT2D eigenvalue weighted by Crippen LogP contribution is -1.86. The second kappa shape index (κ2) is 5.35. The SMILES string of the molecule is Fc1ccc(Br)c(CSc2nc3ccccc3[nH]2)c1. The van der Waals surface area contributed by atoms with Crippen molar-refractivity contribution in [3.8, 4) is 0 Å². The van der Waals surface area contributed by atoms with E-state index in [2.05, 4.69) is 25.9 Å². The first-order chi connectivity index (χ1) is 9.22. The van der Waals surface area contributed by atoms with Crippen LogP contribution >= 0.6 is 27.7 Å². The van der Waals surface area contributed by atoms with Crippen LogP contribution in [0.15, 0.2) is 52.1 Å². The number of aromatic nitrogens is 2. The Hall–Kier alpha value is -1.33. The van der Waals surface area contributed by atoms with E-state index >= 15 is 0 Å². The van der Waals surface area contributed by atoms with Crippen LogP contribution in [0, 0.1) is 5.82 Å². The molecule has 0 spiro atoms. The summed E-state index contributed by atoms with van der Waals surface area (Å²) >= 11 is 4.99. The Morgan fingerprint density at radius 1 is 1.21 bits per heavy atom. The van der Waals surface area contributed by atoms with Gasteiger partial charge in [-0.1, -0.05) is 39.8 Å². The molecule has 0 fully saturated rings. The minimum atomic E-state index is -0.219. The van der Waals surface area contributed by atoms with E-state index in [4.69, 9.17) is 0 Å². The number of fused-ring (bicyclic) bond motifs is 1. The number of para-hydroxylation sites is 2. The standard InChI is InChI=1S/C14H10BrFN2S/c15-11-6-5-10(16)7-9(11)8-19-14-17-12-3-1-2-4-13(12)18-14/h1-7H,8H2,(H,17,18). The van der Waals surface area contributed by atoms with Gasteiger partial charge in [-0.3, -0.25) is 0 Å². The van der Waals surface area contributed by atoms with Gasteiger partial charge in [0.05, 0.1) is 11.0 Å². The van der Waals surface area contributed by atoms with Gasteiger partial charge in [0.25, 0.3) is 0 Å². The van der Waals surface area contributed by atoms with E-state index in [1.54, 1.807) is 23.9 Å². The molecule has 2 aromatic carbocycles. The van der Waals surface area contributed by atoms with Gasteiger partial charge in [0.1, 0.15) is 5.82 Å². The van der Waals surface area contributed by atoms with Crippen LogP contribution < -0.4 is 0 Å². The van der Waals surface area contributed by atoms with Gasteiger partial charge in [0, 0.05) is 10.2 Å². The number of nitrogens with zero attached hydrogens (tertiary/aromatic N) is 1. The Balaban J connectivity index is 1.80. The molecule has 5 heteroatoms. The van der Waals surface area contributed by atoms with Crippen molar-refractivity contribution in [2.75, 3.05) is 0 Å². The summed E-state index contributed by atoms with van der Waals surface area (Å²) in [7, 11) is 0. The van der Waals surface area contributed by atoms with Crippen molar-refractivity contribution >= 4 is 38.7 Å². The highest BCUT2D eigenvalue weighted by Gasteiger charge is 2.06. The summed E-state index contributed by atoms with van der Waals surface area (Å²) in [6.07, 6.45) is 0. The summed E-state index contributed by atoms with van der Waals surface area (Å²) in [6.45, 7) is 0. The van der Waals surface area contributed by atoms with E-state index in [9.17, 15) is 4.39 Å². The summed E-state index contributed by atoms with van der Waals surface area (Å²) in [4.78, 5) is 7.72. The summed E-state index contributed by atoms with van der Waals surface area (Å²) in [5.74, 6) is 0.446. The van der Waals surface area contributed by atoms with Gasteiger partial charge in [-0.25, -0.2) is 9.37 Å². The van der Waals surface area contributed by atoms with Crippen molar-refractivity contribution in [2.24, 2.45) is 0 Å². The van der Waals surface area contributed by atoms with Gasteiger partial charge in [-0.15, -0.1) is 0 Å². The molecule has 0 aliphatic rings. The van der Waals surface area contributed by atoms with Gasteiger partial charge in [0.15, 0.2) is 5.16 Å². The van der Waals surface area contributed by atoms with Crippen molar-refractivity contribution in [3.63, 3.8) is 0 Å². The number of halogens is 2. The molecule has 0 saturated heterocycles. The topological polar surface area (TPSA) is 28.7 Å². The molecule has 0 atom stereocenters. The molecule has 1 aromatic heterocycles. The van der Waals surface area contributed by atoms with Crippen molar-refractivity contribution < 1.29 is 4.39 Å². The third-order valence-corrected chi connectivity index (χ3v) is 4.44. The molecule has 3 rings (SSSR count). The maximum absolute atomic E-state index is 13.2. The maximum Gasteiger partial charge on any atom is 0.166 e. The molecule has 0 aliphatic carbocycles. The molecule has 0 saturated carbocycles. The van der Waals surface area contributed by atoms with Gasteiger partial charge in [0.2, 0.25) is 0 Å². The molecule has 0 aliphatic heterocycles. The molecule has 0 bridgehead atoms. The lowest BCUT2D eigenvalue weighted by Gasteiger charge is -2.02. The zero-order valence-corrected chi connectivity index (χ0v) is 12.3. The van der Waals surface area contributed by atoms with Crippen LogP contribution in [0.3, 0.4) is 0 Å². The number of aromatic amines is 1. The molecule has 0 radical (unpaired) electrons. The Labute approximate surface area is 122 Å². The number of hydrogen-bond acceptors (Lipinski definition) is 2. The number of imidazole rings is 1. The number of thioether (sulfide) groups is 1. The van der Waals surface area contributed by atoms with Crippen molar-refractivity contribution in [1.82, 2.24) is 9.97 Å². The first-order valence-electron chi connectivity index (χ1n) is 5.74. The second-order valence-electron chi connectivity index (χ2n) is 4.08. The second-order valence-corrected chi connectivity index (χ2v) is 5.90. The van der Waals surface area contributed by atoms with Crippen LogP contribution in [0.4, 0.5) is 4.39 Å². The average molecular weight is 337 g/mol. The minimum absolute atomic E-state index is 0.219. The van der Waals surface area contributed by atoms with Crippen LogP contribution in [0.5, 0.6) is 0 Å². The van der Waals surface area contributed by atoms with Crippen molar-refractivity contribution in [2.45, 2.75) is 10.9 Å². The smallest absolute Gasteiger partial charge is 0.166 e. The van der Waals surface area contributed by atoms with E-state index in [1.807, 2.05) is 24.3 Å². The molecule has 0 amide bonds. The summed E-state index contributed by atoms with van der Waals surface area (Å²) in [5.41, 5.74) is 2.89. The van der Waals surface area contributed by atoms with Crippen LogP contribution in [-0.4, -0.2) is 9.97 Å². The highest BCUT2D eigenvalue weighted by Crippen LogP contribution is 2.27. The zero-order valence-electron chi connectivity index (χ0n) is 9.86. The van der Waals surface area contributed by atoms with E-state index < -0.39 is 0 Å². The lowest BCUT2D eigenvalue weighted by molar-refractivity contribution is 0.626. The predicted molar refractivity (Wildman–Crippen MR) is 79.8 cm³/mol. The number of H-pyrrole nitrogens is 1. The lowest BCUT2D eigenvalue weighted by atomic mass is 10.2. The summed E-state index contributed by atoms with van der Waals surface area (Å²) in [5, 5.41) is 0.845. The Morgan fingerprint density at radius 2 is 2.05 bits per heavy atom. The first kappa shape index (κ1) is 12.7. The van der Waals surface area contributed by atoms with E-state index in [1.165, 1.54) is 6.07 Å². The molecule has 2 nitrogen and oxygen atoms in total. The number of benzene rings is 2. The van der Waals surface area contributed by atoms with Crippen LogP contribution in [0.25, 0.3) is 11.0 Å². The molecular weight excluding hydrogens is 327 g/mol. The third kappa shape index (κ3) is 2.82. The Kier molecular flexibility index (Phi) is 3.57. The van der Waals surface area contributed by atoms with Gasteiger partial charge >= 0.3 is 0 Å². The van der Waals surface area contributed by atoms with Crippen LogP contribution in [0.2, 0.25) is 0 Å². The average Bonchev–Trinajstić information content (AvgIpc) is 2.82. The van der Waals surface area contributed by atoms with Crippen LogP contribution in [-0.2, 0) is 5.75 Å². The van der Waals surface area contributed by atoms with Gasteiger partial charge < -0.3 is 4.98 Å². The highest BCUT2D eigenvalue weighted by atomic mass is 79.9. The summed E-state index contributed by atoms with van der Waals surface area (Å²) < 4.78 is 14.1. The quantitative estimate of drug-likeness (QED) is 0.698. The molecule has 1 heterocycles. The molecule has 96 valence electrons. The normalized spacial score (nSPS) is 11.1. The monoisotopic (exact) mass is 336 g/mol. The highest BCUT2D eigenvalue weighted by molar-refractivity contribution is 9.10. The largest absolute Gasteiger partial charge is 0.333 e. The fraction of sp³-hybridized carbons (Fsp3) is 0.0714. The number of nitrogens with one attached hydrogen (secondary N) is 1. The molecule has 0 unspecified atom stereocenters. The zero-order chi connectivity index (χ0) is 13.2. The number of hydrogen-bond donors (Lipinski definition) is 1. The third-order valence-electron chi connectivity index (χ3n) is 2.74. The van der Waals surface area contributed by atoms with Crippen molar-refractivity contribution in [1.29, 1.82) is 0 Å². The minimum Gasteiger partial charge on any atom is -0.333 e. The Morgan fingerprint density at radius 3 is 2.89 bits per heavy atom. The fourth-order valence-electron chi connectivity index (χ4n) is 1.80. The Bertz CT molecular complexity index is 693. The molecule has 19 heavy (non-hydrogen) atoms. The predicted octanol–water partition coefficient (Wildman–Crippen LogP) is 4.76. The molecule has 3 aromatic rings.